The Bertz CT molecular complexity index is 522. The maximum atomic E-state index is 11.0. The fourth-order valence-electron chi connectivity index (χ4n) is 1.70. The van der Waals surface area contributed by atoms with Gasteiger partial charge < -0.3 is 9.47 Å². The van der Waals surface area contributed by atoms with Crippen LogP contribution >= 0.6 is 11.8 Å². The van der Waals surface area contributed by atoms with Crippen LogP contribution in [0.25, 0.3) is 6.08 Å². The van der Waals surface area contributed by atoms with Crippen LogP contribution in [0.4, 0.5) is 0 Å². The molecule has 5 heteroatoms. The van der Waals surface area contributed by atoms with Crippen LogP contribution in [0.2, 0.25) is 0 Å². The lowest BCUT2D eigenvalue weighted by atomic mass is 10.1. The Kier molecular flexibility index (Phi) is 4.63. The predicted molar refractivity (Wildman–Crippen MR) is 74.7 cm³/mol. The number of ether oxygens (including phenoxy) is 2. The minimum absolute atomic E-state index is 0.116. The molecule has 0 amide bonds. The van der Waals surface area contributed by atoms with Crippen LogP contribution < -0.4 is 9.47 Å². The predicted octanol–water partition coefficient (Wildman–Crippen LogP) is 2.91. The Balaban J connectivity index is 2.05. The van der Waals surface area contributed by atoms with Crippen molar-refractivity contribution in [2.45, 2.75) is 13.3 Å². The summed E-state index contributed by atoms with van der Waals surface area (Å²) >= 11 is 1.29. The number of aldehydes is 1. The summed E-state index contributed by atoms with van der Waals surface area (Å²) < 4.78 is 10.5. The van der Waals surface area contributed by atoms with Crippen molar-refractivity contribution in [2.24, 2.45) is 0 Å². The third-order valence-corrected chi connectivity index (χ3v) is 3.44. The zero-order chi connectivity index (χ0) is 13.7. The van der Waals surface area contributed by atoms with E-state index in [1.807, 2.05) is 12.2 Å². The third kappa shape index (κ3) is 3.61. The van der Waals surface area contributed by atoms with Crippen LogP contribution in [-0.2, 0) is 4.79 Å². The van der Waals surface area contributed by atoms with Gasteiger partial charge in [-0.25, -0.2) is 0 Å². The van der Waals surface area contributed by atoms with E-state index in [-0.39, 0.29) is 11.9 Å². The molecular formula is C14H14O4S. The van der Waals surface area contributed by atoms with Crippen molar-refractivity contribution in [1.82, 2.24) is 0 Å². The maximum absolute atomic E-state index is 11.0. The summed E-state index contributed by atoms with van der Waals surface area (Å²) in [5.41, 5.74) is 1.37. The van der Waals surface area contributed by atoms with Crippen molar-refractivity contribution in [3.63, 3.8) is 0 Å². The molecule has 0 saturated heterocycles. The summed E-state index contributed by atoms with van der Waals surface area (Å²) in [6, 6.07) is 3.47. The Morgan fingerprint density at radius 2 is 2.00 bits per heavy atom. The number of fused-ring (bicyclic) bond motifs is 1. The van der Waals surface area contributed by atoms with Gasteiger partial charge in [0, 0.05) is 18.2 Å². The number of carbonyl (C=O) groups is 2. The second-order valence-corrected chi connectivity index (χ2v) is 5.26. The van der Waals surface area contributed by atoms with Crippen LogP contribution in [0.3, 0.4) is 0 Å². The van der Waals surface area contributed by atoms with E-state index in [0.717, 1.165) is 24.0 Å². The number of carbonyl (C=O) groups excluding carboxylic acids is 2. The van der Waals surface area contributed by atoms with E-state index in [4.69, 9.17) is 9.47 Å². The molecule has 0 N–H and O–H groups in total. The summed E-state index contributed by atoms with van der Waals surface area (Å²) in [7, 11) is 0. The van der Waals surface area contributed by atoms with E-state index >= 15 is 0 Å². The van der Waals surface area contributed by atoms with Gasteiger partial charge in [-0.1, -0.05) is 23.9 Å². The lowest BCUT2D eigenvalue weighted by Crippen LogP contribution is -1.92. The first-order valence-electron chi connectivity index (χ1n) is 5.89. The largest absolute Gasteiger partial charge is 0.454 e. The maximum Gasteiger partial charge on any atom is 0.231 e. The van der Waals surface area contributed by atoms with Gasteiger partial charge in [0.25, 0.3) is 0 Å². The average molecular weight is 278 g/mol. The quantitative estimate of drug-likeness (QED) is 0.612. The molecule has 0 fully saturated rings. The molecule has 1 aromatic carbocycles. The minimum atomic E-state index is 0.116. The number of benzene rings is 1. The Morgan fingerprint density at radius 3 is 2.63 bits per heavy atom. The monoisotopic (exact) mass is 278 g/mol. The Labute approximate surface area is 115 Å². The highest BCUT2D eigenvalue weighted by Gasteiger charge is 2.15. The highest BCUT2D eigenvalue weighted by molar-refractivity contribution is 8.13. The van der Waals surface area contributed by atoms with Crippen LogP contribution in [0.15, 0.2) is 18.2 Å². The summed E-state index contributed by atoms with van der Waals surface area (Å²) in [6.45, 7) is 1.74. The van der Waals surface area contributed by atoms with Gasteiger partial charge >= 0.3 is 0 Å². The van der Waals surface area contributed by atoms with Gasteiger partial charge in [-0.15, -0.1) is 0 Å². The van der Waals surface area contributed by atoms with Crippen LogP contribution in [0.1, 0.15) is 29.3 Å². The van der Waals surface area contributed by atoms with Crippen LogP contribution in [-0.4, -0.2) is 23.9 Å². The van der Waals surface area contributed by atoms with Gasteiger partial charge in [-0.05, 0) is 24.1 Å². The van der Waals surface area contributed by atoms with Gasteiger partial charge in [0.1, 0.15) is 0 Å². The van der Waals surface area contributed by atoms with E-state index in [2.05, 4.69) is 0 Å². The molecule has 0 aliphatic carbocycles. The van der Waals surface area contributed by atoms with Crippen molar-refractivity contribution < 1.29 is 19.1 Å². The lowest BCUT2D eigenvalue weighted by Gasteiger charge is -2.02. The highest BCUT2D eigenvalue weighted by Crippen LogP contribution is 2.34. The number of allylic oxidation sites excluding steroid dienone is 1. The summed E-state index contributed by atoms with van der Waals surface area (Å²) in [4.78, 5) is 21.8. The normalized spacial score (nSPS) is 12.9. The first-order valence-corrected chi connectivity index (χ1v) is 6.88. The molecule has 1 aliphatic rings. The number of thioether (sulfide) groups is 1. The molecule has 1 heterocycles. The first-order chi connectivity index (χ1) is 9.20. The summed E-state index contributed by atoms with van der Waals surface area (Å²) in [5, 5.41) is 0.116. The standard InChI is InChI=1S/C14H14O4S/c1-10(16)19-5-3-2-4-11-6-13-14(18-9-17-13)7-12(11)8-15/h2,4,6-8H,3,5,9H2,1H3. The average Bonchev–Trinajstić information content (AvgIpc) is 2.83. The van der Waals surface area contributed by atoms with E-state index < -0.39 is 0 Å². The number of rotatable bonds is 5. The number of hydrogen-bond acceptors (Lipinski definition) is 5. The van der Waals surface area contributed by atoms with Crippen molar-refractivity contribution in [2.75, 3.05) is 12.5 Å². The lowest BCUT2D eigenvalue weighted by molar-refractivity contribution is -0.109. The third-order valence-electron chi connectivity index (χ3n) is 2.59. The van der Waals surface area contributed by atoms with Crippen LogP contribution in [0, 0.1) is 0 Å². The zero-order valence-corrected chi connectivity index (χ0v) is 11.4. The van der Waals surface area contributed by atoms with Crippen molar-refractivity contribution in [3.05, 3.63) is 29.3 Å². The van der Waals surface area contributed by atoms with Crippen LogP contribution in [0.5, 0.6) is 11.5 Å². The molecule has 2 rings (SSSR count). The second-order valence-electron chi connectivity index (χ2n) is 3.98. The first kappa shape index (κ1) is 13.7. The SMILES string of the molecule is CC(=O)SCCC=Cc1cc2c(cc1C=O)OCO2. The summed E-state index contributed by atoms with van der Waals surface area (Å²) in [6.07, 6.45) is 5.38. The van der Waals surface area contributed by atoms with Gasteiger partial charge in [-0.3, -0.25) is 9.59 Å². The molecule has 1 aromatic rings. The molecule has 0 spiro atoms. The molecule has 0 aromatic heterocycles. The van der Waals surface area contributed by atoms with Gasteiger partial charge in [0.15, 0.2) is 22.9 Å². The molecule has 0 saturated carbocycles. The molecule has 0 unspecified atom stereocenters. The van der Waals surface area contributed by atoms with E-state index in [1.165, 1.54) is 11.8 Å². The van der Waals surface area contributed by atoms with Crippen molar-refractivity contribution in [1.29, 1.82) is 0 Å². The Morgan fingerprint density at radius 1 is 1.32 bits per heavy atom. The molecule has 19 heavy (non-hydrogen) atoms. The molecule has 100 valence electrons. The second kappa shape index (κ2) is 6.43. The van der Waals surface area contributed by atoms with Crippen molar-refractivity contribution >= 4 is 29.2 Å². The van der Waals surface area contributed by atoms with E-state index in [1.54, 1.807) is 19.1 Å². The summed E-state index contributed by atoms with van der Waals surface area (Å²) in [5.74, 6) is 2.00. The van der Waals surface area contributed by atoms with E-state index in [9.17, 15) is 9.59 Å². The van der Waals surface area contributed by atoms with Gasteiger partial charge in [-0.2, -0.15) is 0 Å². The molecule has 0 bridgehead atoms. The molecule has 4 nitrogen and oxygen atoms in total. The molecule has 1 aliphatic heterocycles. The topological polar surface area (TPSA) is 52.6 Å². The van der Waals surface area contributed by atoms with Gasteiger partial charge in [0.05, 0.1) is 0 Å². The van der Waals surface area contributed by atoms with Gasteiger partial charge in [0.2, 0.25) is 6.79 Å². The fourth-order valence-corrected chi connectivity index (χ4v) is 2.24. The van der Waals surface area contributed by atoms with Crippen molar-refractivity contribution in [3.8, 4) is 11.5 Å². The fraction of sp³-hybridized carbons (Fsp3) is 0.286. The molecule has 0 radical (unpaired) electrons. The molecular weight excluding hydrogens is 264 g/mol. The van der Waals surface area contributed by atoms with E-state index in [0.29, 0.717) is 17.1 Å². The zero-order valence-electron chi connectivity index (χ0n) is 10.5. The Hall–Kier alpha value is -1.75. The highest BCUT2D eigenvalue weighted by atomic mass is 32.2. The molecule has 0 atom stereocenters. The minimum Gasteiger partial charge on any atom is -0.454 e. The smallest absolute Gasteiger partial charge is 0.231 e. The number of hydrogen-bond donors (Lipinski definition) is 0.